The van der Waals surface area contributed by atoms with E-state index < -0.39 is 0 Å². The van der Waals surface area contributed by atoms with Gasteiger partial charge >= 0.3 is 0 Å². The molecule has 2 rings (SSSR count). The van der Waals surface area contributed by atoms with E-state index in [2.05, 4.69) is 5.32 Å². The van der Waals surface area contributed by atoms with Crippen molar-refractivity contribution in [2.75, 3.05) is 13.1 Å². The molecular weight excluding hydrogens is 189 g/mol. The zero-order chi connectivity index (χ0) is 10.5. The molecule has 1 atom stereocenters. The molecule has 0 bridgehead atoms. The molecule has 15 heavy (non-hydrogen) atoms. The molecule has 1 aromatic carbocycles. The highest BCUT2D eigenvalue weighted by molar-refractivity contribution is 5.16. The highest BCUT2D eigenvalue weighted by Crippen LogP contribution is 2.17. The van der Waals surface area contributed by atoms with E-state index in [1.165, 1.54) is 25.3 Å². The van der Waals surface area contributed by atoms with E-state index in [-0.39, 0.29) is 5.82 Å². The summed E-state index contributed by atoms with van der Waals surface area (Å²) in [5, 5.41) is 3.41. The Hall–Kier alpha value is -0.890. The smallest absolute Gasteiger partial charge is 0.123 e. The highest BCUT2D eigenvalue weighted by atomic mass is 19.1. The summed E-state index contributed by atoms with van der Waals surface area (Å²) in [4.78, 5) is 0. The van der Waals surface area contributed by atoms with Crippen molar-refractivity contribution in [1.82, 2.24) is 5.32 Å². The highest BCUT2D eigenvalue weighted by Gasteiger charge is 2.12. The molecule has 1 nitrogen and oxygen atoms in total. The molecule has 1 aliphatic rings. The lowest BCUT2D eigenvalue weighted by molar-refractivity contribution is 0.358. The molecule has 1 aliphatic heterocycles. The molecule has 0 amide bonds. The maximum atomic E-state index is 12.9. The van der Waals surface area contributed by atoms with Crippen LogP contribution in [0.5, 0.6) is 0 Å². The first-order valence-corrected chi connectivity index (χ1v) is 5.80. The van der Waals surface area contributed by atoms with Gasteiger partial charge in [0.2, 0.25) is 0 Å². The SMILES string of the molecule is Fc1cccc(CC[C@@H]2CCCNC2)c1. The molecule has 2 heteroatoms. The lowest BCUT2D eigenvalue weighted by atomic mass is 9.93. The summed E-state index contributed by atoms with van der Waals surface area (Å²) in [6.07, 6.45) is 4.79. The van der Waals surface area contributed by atoms with Crippen LogP contribution in [0.1, 0.15) is 24.8 Å². The Balaban J connectivity index is 1.81. The molecule has 1 heterocycles. The number of hydrogen-bond donors (Lipinski definition) is 1. The summed E-state index contributed by atoms with van der Waals surface area (Å²) < 4.78 is 12.9. The number of halogens is 1. The molecule has 1 N–H and O–H groups in total. The number of hydrogen-bond acceptors (Lipinski definition) is 1. The topological polar surface area (TPSA) is 12.0 Å². The van der Waals surface area contributed by atoms with Crippen molar-refractivity contribution in [2.24, 2.45) is 5.92 Å². The normalized spacial score (nSPS) is 21.5. The van der Waals surface area contributed by atoms with Gasteiger partial charge in [-0.3, -0.25) is 0 Å². The minimum Gasteiger partial charge on any atom is -0.316 e. The van der Waals surface area contributed by atoms with E-state index in [1.807, 2.05) is 6.07 Å². The van der Waals surface area contributed by atoms with Gasteiger partial charge in [0.15, 0.2) is 0 Å². The van der Waals surface area contributed by atoms with Crippen LogP contribution in [0.15, 0.2) is 24.3 Å². The summed E-state index contributed by atoms with van der Waals surface area (Å²) >= 11 is 0. The largest absolute Gasteiger partial charge is 0.316 e. The van der Waals surface area contributed by atoms with E-state index in [1.54, 1.807) is 12.1 Å². The van der Waals surface area contributed by atoms with Crippen molar-refractivity contribution >= 4 is 0 Å². The fourth-order valence-electron chi connectivity index (χ4n) is 2.23. The summed E-state index contributed by atoms with van der Waals surface area (Å²) in [7, 11) is 0. The van der Waals surface area contributed by atoms with E-state index in [0.717, 1.165) is 31.0 Å². The van der Waals surface area contributed by atoms with Gasteiger partial charge < -0.3 is 5.32 Å². The van der Waals surface area contributed by atoms with E-state index in [0.29, 0.717) is 0 Å². The first-order chi connectivity index (χ1) is 7.34. The van der Waals surface area contributed by atoms with Gasteiger partial charge in [0.1, 0.15) is 5.82 Å². The Morgan fingerprint density at radius 2 is 2.33 bits per heavy atom. The molecular formula is C13H18FN. The summed E-state index contributed by atoms with van der Waals surface area (Å²) in [5.74, 6) is 0.663. The van der Waals surface area contributed by atoms with Crippen LogP contribution in [0.3, 0.4) is 0 Å². The van der Waals surface area contributed by atoms with Gasteiger partial charge in [-0.25, -0.2) is 4.39 Å². The fourth-order valence-corrected chi connectivity index (χ4v) is 2.23. The van der Waals surface area contributed by atoms with Crippen LogP contribution in [0.25, 0.3) is 0 Å². The molecule has 1 aromatic rings. The van der Waals surface area contributed by atoms with E-state index in [4.69, 9.17) is 0 Å². The second kappa shape index (κ2) is 5.26. The summed E-state index contributed by atoms with van der Waals surface area (Å²) in [6.45, 7) is 2.30. The van der Waals surface area contributed by atoms with Crippen LogP contribution in [-0.2, 0) is 6.42 Å². The zero-order valence-electron chi connectivity index (χ0n) is 9.01. The van der Waals surface area contributed by atoms with Crippen molar-refractivity contribution in [3.8, 4) is 0 Å². The van der Waals surface area contributed by atoms with Gasteiger partial charge in [-0.2, -0.15) is 0 Å². The first kappa shape index (κ1) is 10.6. The van der Waals surface area contributed by atoms with E-state index in [9.17, 15) is 4.39 Å². The van der Waals surface area contributed by atoms with Gasteiger partial charge in [-0.15, -0.1) is 0 Å². The molecule has 1 saturated heterocycles. The number of nitrogens with one attached hydrogen (secondary N) is 1. The number of piperidine rings is 1. The Kier molecular flexibility index (Phi) is 3.73. The third-order valence-corrected chi connectivity index (χ3v) is 3.13. The molecule has 0 radical (unpaired) electrons. The van der Waals surface area contributed by atoms with Crippen molar-refractivity contribution in [2.45, 2.75) is 25.7 Å². The molecule has 0 saturated carbocycles. The lowest BCUT2D eigenvalue weighted by Gasteiger charge is -2.22. The number of benzene rings is 1. The zero-order valence-corrected chi connectivity index (χ0v) is 9.01. The second-order valence-corrected chi connectivity index (χ2v) is 4.38. The maximum Gasteiger partial charge on any atom is 0.123 e. The van der Waals surface area contributed by atoms with Gasteiger partial charge in [0.25, 0.3) is 0 Å². The molecule has 0 aliphatic carbocycles. The number of aryl methyl sites for hydroxylation is 1. The van der Waals surface area contributed by atoms with Crippen molar-refractivity contribution in [1.29, 1.82) is 0 Å². The van der Waals surface area contributed by atoms with Crippen LogP contribution >= 0.6 is 0 Å². The fraction of sp³-hybridized carbons (Fsp3) is 0.538. The first-order valence-electron chi connectivity index (χ1n) is 5.80. The van der Waals surface area contributed by atoms with Crippen molar-refractivity contribution in [3.05, 3.63) is 35.6 Å². The molecule has 0 unspecified atom stereocenters. The Morgan fingerprint density at radius 1 is 1.40 bits per heavy atom. The van der Waals surface area contributed by atoms with Crippen LogP contribution in [0.4, 0.5) is 4.39 Å². The monoisotopic (exact) mass is 207 g/mol. The minimum atomic E-state index is -0.116. The van der Waals surface area contributed by atoms with Crippen LogP contribution in [-0.4, -0.2) is 13.1 Å². The minimum absolute atomic E-state index is 0.116. The molecule has 0 spiro atoms. The van der Waals surface area contributed by atoms with Crippen molar-refractivity contribution < 1.29 is 4.39 Å². The number of rotatable bonds is 3. The van der Waals surface area contributed by atoms with Crippen molar-refractivity contribution in [3.63, 3.8) is 0 Å². The predicted octanol–water partition coefficient (Wildman–Crippen LogP) is 2.76. The molecule has 82 valence electrons. The Morgan fingerprint density at radius 3 is 3.07 bits per heavy atom. The third-order valence-electron chi connectivity index (χ3n) is 3.13. The Bertz CT molecular complexity index is 305. The van der Waals surface area contributed by atoms with E-state index >= 15 is 0 Å². The van der Waals surface area contributed by atoms with Gasteiger partial charge in [-0.1, -0.05) is 12.1 Å². The van der Waals surface area contributed by atoms with Crippen LogP contribution in [0, 0.1) is 11.7 Å². The van der Waals surface area contributed by atoms with Crippen LogP contribution in [0.2, 0.25) is 0 Å². The van der Waals surface area contributed by atoms with Gasteiger partial charge in [-0.05, 0) is 62.4 Å². The van der Waals surface area contributed by atoms with Crippen LogP contribution < -0.4 is 5.32 Å². The quantitative estimate of drug-likeness (QED) is 0.803. The summed E-state index contributed by atoms with van der Waals surface area (Å²) in [5.41, 5.74) is 1.13. The average molecular weight is 207 g/mol. The molecule has 0 aromatic heterocycles. The summed E-state index contributed by atoms with van der Waals surface area (Å²) in [6, 6.07) is 6.96. The van der Waals surface area contributed by atoms with Gasteiger partial charge in [0.05, 0.1) is 0 Å². The standard InChI is InChI=1S/C13H18FN/c14-13-5-1-3-11(9-13)6-7-12-4-2-8-15-10-12/h1,3,5,9,12,15H,2,4,6-8,10H2/t12-/m0/s1. The second-order valence-electron chi connectivity index (χ2n) is 4.38. The third kappa shape index (κ3) is 3.31. The predicted molar refractivity (Wildman–Crippen MR) is 60.3 cm³/mol. The lowest BCUT2D eigenvalue weighted by Crippen LogP contribution is -2.29. The van der Waals surface area contributed by atoms with Gasteiger partial charge in [0, 0.05) is 0 Å². The molecule has 1 fully saturated rings. The Labute approximate surface area is 90.7 Å². The average Bonchev–Trinajstić information content (AvgIpc) is 2.28. The maximum absolute atomic E-state index is 12.9.